The van der Waals surface area contributed by atoms with E-state index in [1.165, 1.54) is 16.0 Å². The molecule has 3 aromatic rings. The molecule has 23 heavy (non-hydrogen) atoms. The summed E-state index contributed by atoms with van der Waals surface area (Å²) in [5.74, 6) is 0.188. The van der Waals surface area contributed by atoms with Crippen molar-refractivity contribution in [3.05, 3.63) is 71.4 Å². The van der Waals surface area contributed by atoms with E-state index in [1.807, 2.05) is 37.4 Å². The van der Waals surface area contributed by atoms with Gasteiger partial charge in [-0.15, -0.1) is 0 Å². The van der Waals surface area contributed by atoms with E-state index >= 15 is 0 Å². The Bertz CT molecular complexity index is 834. The monoisotopic (exact) mass is 307 g/mol. The molecule has 2 atom stereocenters. The van der Waals surface area contributed by atoms with Crippen LogP contribution < -0.4 is 4.90 Å². The Morgan fingerprint density at radius 2 is 1.83 bits per heavy atom. The Hall–Kier alpha value is -2.39. The number of aryl methyl sites for hydroxylation is 1. The number of carbonyl (C=O) groups is 1. The number of fused-ring (bicyclic) bond motifs is 1. The van der Waals surface area contributed by atoms with Gasteiger partial charge in [0.05, 0.1) is 7.05 Å². The second-order valence-corrected chi connectivity index (χ2v) is 6.28. The maximum absolute atomic E-state index is 12.9. The molecular weight excluding hydrogens is 284 g/mol. The molecule has 0 bridgehead atoms. The van der Waals surface area contributed by atoms with E-state index in [9.17, 15) is 4.79 Å². The van der Waals surface area contributed by atoms with E-state index in [0.717, 1.165) is 23.0 Å². The first-order chi connectivity index (χ1) is 11.1. The molecule has 0 amide bonds. The van der Waals surface area contributed by atoms with Crippen LogP contribution in [0.3, 0.4) is 0 Å². The van der Waals surface area contributed by atoms with Crippen molar-refractivity contribution >= 4 is 16.7 Å². The van der Waals surface area contributed by atoms with Gasteiger partial charge in [-0.05, 0) is 25.5 Å². The highest BCUT2D eigenvalue weighted by Gasteiger charge is 2.25. The largest absolute Gasteiger partial charge is 0.360 e. The van der Waals surface area contributed by atoms with Crippen LogP contribution in [0, 0.1) is 6.92 Å². The number of H-pyrrole nitrogens is 1. The van der Waals surface area contributed by atoms with Crippen LogP contribution in [0.1, 0.15) is 28.4 Å². The lowest BCUT2D eigenvalue weighted by molar-refractivity contribution is -0.907. The minimum absolute atomic E-state index is 0.0891. The Balaban J connectivity index is 1.80. The quantitative estimate of drug-likeness (QED) is 0.699. The molecule has 0 spiro atoms. The number of rotatable bonds is 5. The Kier molecular flexibility index (Phi) is 4.30. The molecule has 3 nitrogen and oxygen atoms in total. The third-order valence-electron chi connectivity index (χ3n) is 4.72. The summed E-state index contributed by atoms with van der Waals surface area (Å²) < 4.78 is 0. The van der Waals surface area contributed by atoms with Crippen molar-refractivity contribution in [2.75, 3.05) is 7.05 Å². The Labute approximate surface area is 136 Å². The van der Waals surface area contributed by atoms with E-state index in [-0.39, 0.29) is 11.8 Å². The zero-order chi connectivity index (χ0) is 16.4. The van der Waals surface area contributed by atoms with E-state index in [2.05, 4.69) is 43.2 Å². The van der Waals surface area contributed by atoms with E-state index in [4.69, 9.17) is 0 Å². The molecule has 3 heteroatoms. The standard InChI is InChI=1S/C20H22N2O/c1-14-8-4-5-9-16(14)13-22(3)15(2)20(23)18-12-21-19-11-7-6-10-17(18)19/h4-12,15,21H,13H2,1-3H3/p+1/t15-/m0/s1. The number of Topliss-reactive ketones (excluding diaryl/α,β-unsaturated/α-hetero) is 1. The highest BCUT2D eigenvalue weighted by Crippen LogP contribution is 2.18. The molecule has 0 saturated carbocycles. The van der Waals surface area contributed by atoms with Crippen molar-refractivity contribution in [1.29, 1.82) is 0 Å². The highest BCUT2D eigenvalue weighted by molar-refractivity contribution is 6.09. The van der Waals surface area contributed by atoms with Gasteiger partial charge in [-0.2, -0.15) is 0 Å². The summed E-state index contributed by atoms with van der Waals surface area (Å²) in [6.07, 6.45) is 1.84. The van der Waals surface area contributed by atoms with Gasteiger partial charge < -0.3 is 9.88 Å². The number of ketones is 1. The van der Waals surface area contributed by atoms with Gasteiger partial charge in [0.25, 0.3) is 0 Å². The summed E-state index contributed by atoms with van der Waals surface area (Å²) in [5, 5.41) is 1.01. The van der Waals surface area contributed by atoms with Crippen molar-refractivity contribution in [2.24, 2.45) is 0 Å². The zero-order valence-electron chi connectivity index (χ0n) is 13.9. The first-order valence-electron chi connectivity index (χ1n) is 8.05. The first-order valence-corrected chi connectivity index (χ1v) is 8.05. The molecule has 2 N–H and O–H groups in total. The molecule has 0 aliphatic heterocycles. The van der Waals surface area contributed by atoms with E-state index in [0.29, 0.717) is 0 Å². The van der Waals surface area contributed by atoms with Crippen LogP contribution in [0.15, 0.2) is 54.7 Å². The number of aromatic amines is 1. The van der Waals surface area contributed by atoms with Crippen LogP contribution in [0.4, 0.5) is 0 Å². The molecule has 0 fully saturated rings. The average molecular weight is 307 g/mol. The number of nitrogens with one attached hydrogen (secondary N) is 2. The minimum Gasteiger partial charge on any atom is -0.360 e. The van der Waals surface area contributed by atoms with Crippen LogP contribution in [0.2, 0.25) is 0 Å². The number of likely N-dealkylation sites (N-methyl/N-ethyl adjacent to an activating group) is 1. The molecule has 0 aliphatic carbocycles. The molecule has 0 aliphatic rings. The van der Waals surface area contributed by atoms with Gasteiger partial charge in [-0.25, -0.2) is 0 Å². The SMILES string of the molecule is Cc1ccccc1C[NH+](C)[C@@H](C)C(=O)c1c[nH]c2ccccc12. The number of carbonyl (C=O) groups excluding carboxylic acids is 1. The van der Waals surface area contributed by atoms with Crippen LogP contribution in [-0.2, 0) is 6.54 Å². The zero-order valence-corrected chi connectivity index (χ0v) is 13.9. The second-order valence-electron chi connectivity index (χ2n) is 6.28. The molecule has 1 unspecified atom stereocenters. The molecule has 0 saturated heterocycles. The van der Waals surface area contributed by atoms with Crippen molar-refractivity contribution < 1.29 is 9.69 Å². The third-order valence-corrected chi connectivity index (χ3v) is 4.72. The number of benzene rings is 2. The highest BCUT2D eigenvalue weighted by atomic mass is 16.1. The van der Waals surface area contributed by atoms with Crippen LogP contribution in [0.25, 0.3) is 10.9 Å². The van der Waals surface area contributed by atoms with E-state index < -0.39 is 0 Å². The fraction of sp³-hybridized carbons (Fsp3) is 0.250. The van der Waals surface area contributed by atoms with Gasteiger partial charge in [-0.3, -0.25) is 4.79 Å². The first kappa shape index (κ1) is 15.5. The predicted molar refractivity (Wildman–Crippen MR) is 93.9 cm³/mol. The minimum atomic E-state index is -0.0891. The normalized spacial score (nSPS) is 13.9. The number of quaternary nitrogens is 1. The molecule has 2 aromatic carbocycles. The lowest BCUT2D eigenvalue weighted by atomic mass is 10.0. The van der Waals surface area contributed by atoms with Crippen molar-refractivity contribution in [3.63, 3.8) is 0 Å². The lowest BCUT2D eigenvalue weighted by Gasteiger charge is -2.21. The molecule has 118 valence electrons. The van der Waals surface area contributed by atoms with Crippen molar-refractivity contribution in [3.8, 4) is 0 Å². The molecule has 3 rings (SSSR count). The number of hydrogen-bond acceptors (Lipinski definition) is 1. The number of hydrogen-bond donors (Lipinski definition) is 2. The van der Waals surface area contributed by atoms with Gasteiger partial charge in [0.1, 0.15) is 12.6 Å². The van der Waals surface area contributed by atoms with Gasteiger partial charge >= 0.3 is 0 Å². The number of aromatic nitrogens is 1. The van der Waals surface area contributed by atoms with Gasteiger partial charge in [0.2, 0.25) is 5.78 Å². The summed E-state index contributed by atoms with van der Waals surface area (Å²) in [5.41, 5.74) is 4.37. The Morgan fingerprint density at radius 1 is 1.13 bits per heavy atom. The average Bonchev–Trinajstić information content (AvgIpc) is 2.99. The van der Waals surface area contributed by atoms with Gasteiger partial charge in [-0.1, -0.05) is 42.5 Å². The van der Waals surface area contributed by atoms with Crippen molar-refractivity contribution in [1.82, 2.24) is 4.98 Å². The summed E-state index contributed by atoms with van der Waals surface area (Å²) in [6.45, 7) is 4.98. The smallest absolute Gasteiger partial charge is 0.221 e. The molecule has 1 aromatic heterocycles. The maximum atomic E-state index is 12.9. The summed E-state index contributed by atoms with van der Waals surface area (Å²) in [6, 6.07) is 16.2. The molecular formula is C20H23N2O+. The summed E-state index contributed by atoms with van der Waals surface area (Å²) in [4.78, 5) is 17.3. The molecule has 1 heterocycles. The van der Waals surface area contributed by atoms with Crippen LogP contribution in [0.5, 0.6) is 0 Å². The van der Waals surface area contributed by atoms with Crippen LogP contribution in [-0.4, -0.2) is 23.9 Å². The lowest BCUT2D eigenvalue weighted by Crippen LogP contribution is -3.12. The summed E-state index contributed by atoms with van der Waals surface area (Å²) >= 11 is 0. The fourth-order valence-corrected chi connectivity index (χ4v) is 2.99. The van der Waals surface area contributed by atoms with Crippen LogP contribution >= 0.6 is 0 Å². The predicted octanol–water partition coefficient (Wildman–Crippen LogP) is 2.76. The van der Waals surface area contributed by atoms with Gasteiger partial charge in [0.15, 0.2) is 0 Å². The van der Waals surface area contributed by atoms with Gasteiger partial charge in [0, 0.05) is 28.2 Å². The van der Waals surface area contributed by atoms with Crippen molar-refractivity contribution in [2.45, 2.75) is 26.4 Å². The topological polar surface area (TPSA) is 37.3 Å². The second kappa shape index (κ2) is 6.39. The van der Waals surface area contributed by atoms with E-state index in [1.54, 1.807) is 0 Å². The maximum Gasteiger partial charge on any atom is 0.221 e. The Morgan fingerprint density at radius 3 is 2.61 bits per heavy atom. The third kappa shape index (κ3) is 3.06. The number of para-hydroxylation sites is 1. The molecule has 0 radical (unpaired) electrons. The fourth-order valence-electron chi connectivity index (χ4n) is 2.99. The summed E-state index contributed by atoms with van der Waals surface area (Å²) in [7, 11) is 2.09.